The van der Waals surface area contributed by atoms with E-state index in [2.05, 4.69) is 5.32 Å². The summed E-state index contributed by atoms with van der Waals surface area (Å²) in [6, 6.07) is 3.08. The van der Waals surface area contributed by atoms with E-state index in [-0.39, 0.29) is 12.4 Å². The molecule has 11 heavy (non-hydrogen) atoms. The standard InChI is InChI=1S/C7H7F2NO/c8-5-1-2-7(10-4-11)6(9)3-5/h1-3,10-11H,4H2. The lowest BCUT2D eigenvalue weighted by atomic mass is 10.3. The molecule has 1 rings (SSSR count). The molecule has 0 fully saturated rings. The maximum Gasteiger partial charge on any atom is 0.149 e. The van der Waals surface area contributed by atoms with Crippen molar-refractivity contribution in [2.24, 2.45) is 0 Å². The molecule has 0 aliphatic heterocycles. The number of hydrogen-bond donors (Lipinski definition) is 2. The maximum atomic E-state index is 12.6. The average molecular weight is 159 g/mol. The van der Waals surface area contributed by atoms with Gasteiger partial charge in [-0.3, -0.25) is 0 Å². The first-order valence-corrected chi connectivity index (χ1v) is 3.04. The second-order valence-electron chi connectivity index (χ2n) is 1.96. The van der Waals surface area contributed by atoms with Gasteiger partial charge in [-0.05, 0) is 12.1 Å². The van der Waals surface area contributed by atoms with Crippen LogP contribution in [-0.2, 0) is 0 Å². The molecule has 0 aliphatic carbocycles. The first-order chi connectivity index (χ1) is 5.24. The molecule has 2 N–H and O–H groups in total. The summed E-state index contributed by atoms with van der Waals surface area (Å²) in [4.78, 5) is 0. The zero-order chi connectivity index (χ0) is 8.27. The number of rotatable bonds is 2. The molecule has 0 saturated carbocycles. The molecule has 0 saturated heterocycles. The first kappa shape index (κ1) is 7.94. The molecule has 0 aromatic heterocycles. The summed E-state index contributed by atoms with van der Waals surface area (Å²) >= 11 is 0. The van der Waals surface area contributed by atoms with Crippen LogP contribution in [0.3, 0.4) is 0 Å². The van der Waals surface area contributed by atoms with Crippen molar-refractivity contribution in [1.82, 2.24) is 0 Å². The molecule has 0 radical (unpaired) electrons. The summed E-state index contributed by atoms with van der Waals surface area (Å²) in [5.41, 5.74) is 0.0916. The highest BCUT2D eigenvalue weighted by Gasteiger charge is 2.00. The van der Waals surface area contributed by atoms with E-state index in [1.165, 1.54) is 6.07 Å². The summed E-state index contributed by atoms with van der Waals surface area (Å²) in [7, 11) is 0. The third-order valence-corrected chi connectivity index (χ3v) is 1.20. The van der Waals surface area contributed by atoms with Crippen molar-refractivity contribution in [2.45, 2.75) is 0 Å². The molecule has 1 aromatic carbocycles. The molecule has 0 heterocycles. The second kappa shape index (κ2) is 3.30. The van der Waals surface area contributed by atoms with E-state index in [0.29, 0.717) is 0 Å². The zero-order valence-electron chi connectivity index (χ0n) is 5.64. The van der Waals surface area contributed by atoms with Crippen LogP contribution in [0.25, 0.3) is 0 Å². The molecule has 0 aliphatic rings. The number of hydrogen-bond acceptors (Lipinski definition) is 2. The Hall–Kier alpha value is -1.16. The Morgan fingerprint density at radius 3 is 2.64 bits per heavy atom. The second-order valence-corrected chi connectivity index (χ2v) is 1.96. The van der Waals surface area contributed by atoms with E-state index in [4.69, 9.17) is 5.11 Å². The van der Waals surface area contributed by atoms with E-state index in [0.717, 1.165) is 12.1 Å². The molecule has 0 unspecified atom stereocenters. The van der Waals surface area contributed by atoms with Crippen molar-refractivity contribution >= 4 is 5.69 Å². The van der Waals surface area contributed by atoms with Gasteiger partial charge in [-0.1, -0.05) is 0 Å². The normalized spacial score (nSPS) is 9.73. The minimum absolute atomic E-state index is 0.0916. The fourth-order valence-corrected chi connectivity index (χ4v) is 0.718. The third-order valence-electron chi connectivity index (χ3n) is 1.20. The third kappa shape index (κ3) is 1.88. The Kier molecular flexibility index (Phi) is 2.38. The van der Waals surface area contributed by atoms with Crippen LogP contribution in [-0.4, -0.2) is 11.8 Å². The topological polar surface area (TPSA) is 32.3 Å². The summed E-state index contributed by atoms with van der Waals surface area (Å²) < 4.78 is 24.9. The summed E-state index contributed by atoms with van der Waals surface area (Å²) in [6.07, 6.45) is 0. The van der Waals surface area contributed by atoms with E-state index in [1.54, 1.807) is 0 Å². The summed E-state index contributed by atoms with van der Waals surface area (Å²) in [5.74, 6) is -1.34. The number of halogens is 2. The Bertz CT molecular complexity index is 252. The molecule has 0 bridgehead atoms. The molecule has 4 heteroatoms. The lowest BCUT2D eigenvalue weighted by molar-refractivity contribution is 0.325. The quantitative estimate of drug-likeness (QED) is 0.638. The van der Waals surface area contributed by atoms with Gasteiger partial charge in [-0.25, -0.2) is 8.78 Å². The van der Waals surface area contributed by atoms with Crippen molar-refractivity contribution in [3.05, 3.63) is 29.8 Å². The van der Waals surface area contributed by atoms with Gasteiger partial charge >= 0.3 is 0 Å². The van der Waals surface area contributed by atoms with Gasteiger partial charge in [0.1, 0.15) is 18.4 Å². The van der Waals surface area contributed by atoms with Gasteiger partial charge in [0.2, 0.25) is 0 Å². The smallest absolute Gasteiger partial charge is 0.149 e. The lowest BCUT2D eigenvalue weighted by Gasteiger charge is -2.02. The molecular formula is C7H7F2NO. The van der Waals surface area contributed by atoms with E-state index in [1.807, 2.05) is 0 Å². The number of anilines is 1. The molecule has 60 valence electrons. The monoisotopic (exact) mass is 159 g/mol. The zero-order valence-corrected chi connectivity index (χ0v) is 5.64. The summed E-state index contributed by atoms with van der Waals surface area (Å²) in [6.45, 7) is -0.372. The van der Waals surface area contributed by atoms with Gasteiger partial charge in [-0.2, -0.15) is 0 Å². The number of benzene rings is 1. The molecule has 0 spiro atoms. The lowest BCUT2D eigenvalue weighted by Crippen LogP contribution is -2.01. The first-order valence-electron chi connectivity index (χ1n) is 3.04. The Morgan fingerprint density at radius 1 is 1.36 bits per heavy atom. The molecular weight excluding hydrogens is 152 g/mol. The summed E-state index contributed by atoms with van der Waals surface area (Å²) in [5, 5.41) is 10.7. The van der Waals surface area contributed by atoms with Crippen LogP contribution >= 0.6 is 0 Å². The predicted molar refractivity (Wildman–Crippen MR) is 37.1 cm³/mol. The van der Waals surface area contributed by atoms with Gasteiger partial charge in [-0.15, -0.1) is 0 Å². The van der Waals surface area contributed by atoms with Gasteiger partial charge in [0.25, 0.3) is 0 Å². The highest BCUT2D eigenvalue weighted by molar-refractivity contribution is 5.44. The van der Waals surface area contributed by atoms with Crippen LogP contribution in [0.15, 0.2) is 18.2 Å². The minimum atomic E-state index is -0.709. The molecule has 0 amide bonds. The maximum absolute atomic E-state index is 12.6. The van der Waals surface area contributed by atoms with Crippen molar-refractivity contribution < 1.29 is 13.9 Å². The largest absolute Gasteiger partial charge is 0.377 e. The fourth-order valence-electron chi connectivity index (χ4n) is 0.718. The fraction of sp³-hybridized carbons (Fsp3) is 0.143. The van der Waals surface area contributed by atoms with Gasteiger partial charge < -0.3 is 10.4 Å². The van der Waals surface area contributed by atoms with E-state index >= 15 is 0 Å². The van der Waals surface area contributed by atoms with Crippen LogP contribution in [0.2, 0.25) is 0 Å². The van der Waals surface area contributed by atoms with Crippen LogP contribution in [0.4, 0.5) is 14.5 Å². The van der Waals surface area contributed by atoms with Crippen molar-refractivity contribution in [2.75, 3.05) is 12.0 Å². The highest BCUT2D eigenvalue weighted by Crippen LogP contribution is 2.13. The van der Waals surface area contributed by atoms with Crippen molar-refractivity contribution in [3.8, 4) is 0 Å². The van der Waals surface area contributed by atoms with Gasteiger partial charge in [0.15, 0.2) is 0 Å². The van der Waals surface area contributed by atoms with Crippen LogP contribution in [0.5, 0.6) is 0 Å². The highest BCUT2D eigenvalue weighted by atomic mass is 19.1. The Balaban J connectivity index is 2.90. The van der Waals surface area contributed by atoms with E-state index in [9.17, 15) is 8.78 Å². The van der Waals surface area contributed by atoms with Crippen molar-refractivity contribution in [3.63, 3.8) is 0 Å². The number of aliphatic hydroxyl groups excluding tert-OH is 1. The van der Waals surface area contributed by atoms with Gasteiger partial charge in [0, 0.05) is 6.07 Å². The number of nitrogens with one attached hydrogen (secondary N) is 1. The average Bonchev–Trinajstić information content (AvgIpc) is 1.95. The predicted octanol–water partition coefficient (Wildman–Crippen LogP) is 1.33. The number of aliphatic hydroxyl groups is 1. The Labute approximate surface area is 62.5 Å². The van der Waals surface area contributed by atoms with Crippen LogP contribution in [0.1, 0.15) is 0 Å². The molecule has 1 aromatic rings. The SMILES string of the molecule is OCNc1ccc(F)cc1F. The molecule has 2 nitrogen and oxygen atoms in total. The minimum Gasteiger partial charge on any atom is -0.377 e. The van der Waals surface area contributed by atoms with Crippen LogP contribution < -0.4 is 5.32 Å². The van der Waals surface area contributed by atoms with Crippen LogP contribution in [0, 0.1) is 11.6 Å². The molecule has 0 atom stereocenters. The van der Waals surface area contributed by atoms with Gasteiger partial charge in [0.05, 0.1) is 5.69 Å². The van der Waals surface area contributed by atoms with E-state index < -0.39 is 11.6 Å². The Morgan fingerprint density at radius 2 is 2.09 bits per heavy atom. The van der Waals surface area contributed by atoms with Crippen molar-refractivity contribution in [1.29, 1.82) is 0 Å².